The van der Waals surface area contributed by atoms with E-state index in [4.69, 9.17) is 9.72 Å². The number of carbonyl (C=O) groups is 1. The summed E-state index contributed by atoms with van der Waals surface area (Å²) in [5.74, 6) is 0.752. The smallest absolute Gasteiger partial charge is 0.340 e. The standard InChI is InChI=1S/C22H18N4O2/c1-2-28-22(27)16-11-6-7-13-18(16)24-21-17-12-8-14-23-20(17)25-19(26-21)15-9-4-3-5-10-15/h3-14H,2H2,1H3,(H,23,24,25,26). The zero-order valence-electron chi connectivity index (χ0n) is 15.3. The predicted molar refractivity (Wildman–Crippen MR) is 108 cm³/mol. The summed E-state index contributed by atoms with van der Waals surface area (Å²) in [6, 6.07) is 20.6. The number of nitrogens with one attached hydrogen (secondary N) is 1. The molecule has 6 heteroatoms. The third-order valence-corrected chi connectivity index (χ3v) is 4.18. The van der Waals surface area contributed by atoms with E-state index in [0.29, 0.717) is 35.1 Å². The first-order valence-electron chi connectivity index (χ1n) is 8.97. The van der Waals surface area contributed by atoms with Gasteiger partial charge in [-0.25, -0.2) is 19.7 Å². The number of esters is 1. The van der Waals surface area contributed by atoms with Crippen LogP contribution in [0.1, 0.15) is 17.3 Å². The number of benzene rings is 2. The van der Waals surface area contributed by atoms with E-state index in [1.165, 1.54) is 0 Å². The van der Waals surface area contributed by atoms with Crippen molar-refractivity contribution >= 4 is 28.5 Å². The van der Waals surface area contributed by atoms with Gasteiger partial charge in [0.2, 0.25) is 0 Å². The second kappa shape index (κ2) is 7.84. The monoisotopic (exact) mass is 370 g/mol. The van der Waals surface area contributed by atoms with E-state index in [-0.39, 0.29) is 5.97 Å². The molecule has 0 amide bonds. The van der Waals surface area contributed by atoms with E-state index in [2.05, 4.69) is 15.3 Å². The molecule has 0 atom stereocenters. The highest BCUT2D eigenvalue weighted by Gasteiger charge is 2.15. The van der Waals surface area contributed by atoms with Crippen molar-refractivity contribution in [3.05, 3.63) is 78.5 Å². The molecule has 0 fully saturated rings. The van der Waals surface area contributed by atoms with E-state index in [0.717, 1.165) is 10.9 Å². The molecule has 0 spiro atoms. The lowest BCUT2D eigenvalue weighted by atomic mass is 10.1. The van der Waals surface area contributed by atoms with Gasteiger partial charge in [0.25, 0.3) is 0 Å². The fourth-order valence-electron chi connectivity index (χ4n) is 2.88. The molecule has 4 aromatic rings. The molecule has 2 aromatic carbocycles. The fraction of sp³-hybridized carbons (Fsp3) is 0.0909. The first-order chi connectivity index (χ1) is 13.8. The largest absolute Gasteiger partial charge is 0.462 e. The number of hydrogen-bond acceptors (Lipinski definition) is 6. The lowest BCUT2D eigenvalue weighted by molar-refractivity contribution is 0.0527. The molecule has 4 rings (SSSR count). The molecule has 0 radical (unpaired) electrons. The van der Waals surface area contributed by atoms with Crippen LogP contribution >= 0.6 is 0 Å². The molecule has 138 valence electrons. The van der Waals surface area contributed by atoms with Gasteiger partial charge in [-0.05, 0) is 31.2 Å². The maximum atomic E-state index is 12.3. The predicted octanol–water partition coefficient (Wildman–Crippen LogP) is 4.61. The topological polar surface area (TPSA) is 77.0 Å². The summed E-state index contributed by atoms with van der Waals surface area (Å²) in [6.45, 7) is 2.09. The Morgan fingerprint density at radius 3 is 2.57 bits per heavy atom. The lowest BCUT2D eigenvalue weighted by Gasteiger charge is -2.13. The molecule has 0 aliphatic heterocycles. The normalized spacial score (nSPS) is 10.6. The second-order valence-corrected chi connectivity index (χ2v) is 6.03. The number of fused-ring (bicyclic) bond motifs is 1. The van der Waals surface area contributed by atoms with Gasteiger partial charge in [-0.3, -0.25) is 0 Å². The lowest BCUT2D eigenvalue weighted by Crippen LogP contribution is -2.09. The molecule has 0 saturated carbocycles. The number of carbonyl (C=O) groups excluding carboxylic acids is 1. The maximum Gasteiger partial charge on any atom is 0.340 e. The molecular formula is C22H18N4O2. The molecule has 0 bridgehead atoms. The van der Waals surface area contributed by atoms with Crippen LogP contribution in [0.5, 0.6) is 0 Å². The molecule has 2 aromatic heterocycles. The average molecular weight is 370 g/mol. The summed E-state index contributed by atoms with van der Waals surface area (Å²) < 4.78 is 5.16. The fourth-order valence-corrected chi connectivity index (χ4v) is 2.88. The second-order valence-electron chi connectivity index (χ2n) is 6.03. The summed E-state index contributed by atoms with van der Waals surface area (Å²) in [7, 11) is 0. The molecule has 2 heterocycles. The molecule has 28 heavy (non-hydrogen) atoms. The summed E-state index contributed by atoms with van der Waals surface area (Å²) in [4.78, 5) is 26.0. The van der Waals surface area contributed by atoms with E-state index in [1.807, 2.05) is 54.6 Å². The van der Waals surface area contributed by atoms with Crippen LogP contribution in [0.3, 0.4) is 0 Å². The van der Waals surface area contributed by atoms with Gasteiger partial charge < -0.3 is 10.1 Å². The van der Waals surface area contributed by atoms with Gasteiger partial charge in [0.1, 0.15) is 5.82 Å². The number of para-hydroxylation sites is 1. The van der Waals surface area contributed by atoms with Crippen molar-refractivity contribution in [2.24, 2.45) is 0 Å². The van der Waals surface area contributed by atoms with Gasteiger partial charge in [-0.1, -0.05) is 42.5 Å². The molecular weight excluding hydrogens is 352 g/mol. The van der Waals surface area contributed by atoms with Crippen LogP contribution in [0.2, 0.25) is 0 Å². The Bertz CT molecular complexity index is 1130. The van der Waals surface area contributed by atoms with Crippen molar-refractivity contribution in [2.45, 2.75) is 6.92 Å². The highest BCUT2D eigenvalue weighted by atomic mass is 16.5. The Labute approximate surface area is 162 Å². The molecule has 0 saturated heterocycles. The van der Waals surface area contributed by atoms with Gasteiger partial charge in [0, 0.05) is 11.8 Å². The van der Waals surface area contributed by atoms with E-state index >= 15 is 0 Å². The number of aromatic nitrogens is 3. The maximum absolute atomic E-state index is 12.3. The summed E-state index contributed by atoms with van der Waals surface area (Å²) in [6.07, 6.45) is 1.69. The Kier molecular flexibility index (Phi) is 4.93. The Morgan fingerprint density at radius 1 is 0.964 bits per heavy atom. The van der Waals surface area contributed by atoms with Gasteiger partial charge in [-0.2, -0.15) is 0 Å². The van der Waals surface area contributed by atoms with Gasteiger partial charge >= 0.3 is 5.97 Å². The average Bonchev–Trinajstić information content (AvgIpc) is 2.75. The minimum absolute atomic E-state index is 0.311. The Hall–Kier alpha value is -3.80. The number of rotatable bonds is 5. The molecule has 1 N–H and O–H groups in total. The third-order valence-electron chi connectivity index (χ3n) is 4.18. The number of ether oxygens (including phenoxy) is 1. The van der Waals surface area contributed by atoms with Crippen molar-refractivity contribution in [3.63, 3.8) is 0 Å². The van der Waals surface area contributed by atoms with Crippen molar-refractivity contribution in [2.75, 3.05) is 11.9 Å². The number of anilines is 2. The highest BCUT2D eigenvalue weighted by Crippen LogP contribution is 2.28. The molecule has 0 aliphatic carbocycles. The van der Waals surface area contributed by atoms with Crippen molar-refractivity contribution < 1.29 is 9.53 Å². The quantitative estimate of drug-likeness (QED) is 0.517. The minimum Gasteiger partial charge on any atom is -0.462 e. The van der Waals surface area contributed by atoms with Crippen LogP contribution in [0.25, 0.3) is 22.4 Å². The van der Waals surface area contributed by atoms with Gasteiger partial charge in [-0.15, -0.1) is 0 Å². The van der Waals surface area contributed by atoms with E-state index in [9.17, 15) is 4.79 Å². The van der Waals surface area contributed by atoms with E-state index < -0.39 is 0 Å². The Morgan fingerprint density at radius 2 is 1.75 bits per heavy atom. The number of hydrogen-bond donors (Lipinski definition) is 1. The SMILES string of the molecule is CCOC(=O)c1ccccc1Nc1nc(-c2ccccc2)nc2ncccc12. The minimum atomic E-state index is -0.384. The van der Waals surface area contributed by atoms with Crippen LogP contribution in [0.15, 0.2) is 72.9 Å². The van der Waals surface area contributed by atoms with Crippen LogP contribution in [0.4, 0.5) is 11.5 Å². The number of nitrogens with zero attached hydrogens (tertiary/aromatic N) is 3. The summed E-state index contributed by atoms with van der Waals surface area (Å²) in [5, 5.41) is 4.04. The van der Waals surface area contributed by atoms with E-state index in [1.54, 1.807) is 25.3 Å². The summed E-state index contributed by atoms with van der Waals surface area (Å²) >= 11 is 0. The third kappa shape index (κ3) is 3.53. The van der Waals surface area contributed by atoms with Crippen LogP contribution in [0, 0.1) is 0 Å². The van der Waals surface area contributed by atoms with Crippen molar-refractivity contribution in [3.8, 4) is 11.4 Å². The summed E-state index contributed by atoms with van der Waals surface area (Å²) in [5.41, 5.74) is 2.52. The first kappa shape index (κ1) is 17.6. The van der Waals surface area contributed by atoms with Crippen LogP contribution < -0.4 is 5.32 Å². The highest BCUT2D eigenvalue weighted by molar-refractivity contribution is 5.98. The first-order valence-corrected chi connectivity index (χ1v) is 8.97. The number of pyridine rings is 1. The van der Waals surface area contributed by atoms with Gasteiger partial charge in [0.05, 0.1) is 23.2 Å². The van der Waals surface area contributed by atoms with Gasteiger partial charge in [0.15, 0.2) is 11.5 Å². The zero-order valence-corrected chi connectivity index (χ0v) is 15.3. The molecule has 6 nitrogen and oxygen atoms in total. The zero-order chi connectivity index (χ0) is 19.3. The van der Waals surface area contributed by atoms with Crippen LogP contribution in [-0.4, -0.2) is 27.5 Å². The Balaban J connectivity index is 1.82. The molecule has 0 unspecified atom stereocenters. The molecule has 0 aliphatic rings. The van der Waals surface area contributed by atoms with Crippen LogP contribution in [-0.2, 0) is 4.74 Å². The van der Waals surface area contributed by atoms with Crippen molar-refractivity contribution in [1.29, 1.82) is 0 Å². The van der Waals surface area contributed by atoms with Crippen molar-refractivity contribution in [1.82, 2.24) is 15.0 Å².